The number of fused-ring (bicyclic) bond motifs is 1. The average Bonchev–Trinajstić information content (AvgIpc) is 2.77. The molecule has 13 nitrogen and oxygen atoms in total. The molecule has 0 saturated heterocycles. The molecule has 0 aliphatic carbocycles. The maximum Gasteiger partial charge on any atom is 0.296 e. The number of phenolic OH excluding ortho intramolecular Hbond substituents is 1. The molecule has 0 radical (unpaired) electrons. The van der Waals surface area contributed by atoms with Crippen LogP contribution in [0.15, 0.2) is 67.4 Å². The molecule has 0 heterocycles. The van der Waals surface area contributed by atoms with Crippen molar-refractivity contribution in [1.29, 1.82) is 0 Å². The minimum absolute atomic E-state index is 0.0279. The Kier molecular flexibility index (Phi) is 7.77. The van der Waals surface area contributed by atoms with Gasteiger partial charge in [-0.05, 0) is 48.2 Å². The summed E-state index contributed by atoms with van der Waals surface area (Å²) in [7, 11) is -9.56. The molecule has 3 aromatic rings. The molecule has 0 amide bonds. The van der Waals surface area contributed by atoms with E-state index in [4.69, 9.17) is 11.0 Å². The fraction of sp³-hybridized carbons (Fsp3) is 0.0526. The third kappa shape index (κ3) is 5.95. The highest BCUT2D eigenvalue weighted by Crippen LogP contribution is 2.44. The minimum Gasteiger partial charge on any atom is -0.505 e. The van der Waals surface area contributed by atoms with Crippen molar-refractivity contribution in [3.05, 3.63) is 48.0 Å². The molecule has 0 aromatic heterocycles. The van der Waals surface area contributed by atoms with Gasteiger partial charge in [-0.15, -0.1) is 9.45 Å². The summed E-state index contributed by atoms with van der Waals surface area (Å²) < 4.78 is 70.9. The van der Waals surface area contributed by atoms with Crippen molar-refractivity contribution in [2.24, 2.45) is 10.2 Å². The summed E-state index contributed by atoms with van der Waals surface area (Å²) in [6.45, 7) is 1.64. The number of nitrogens with zero attached hydrogens (tertiary/aromatic N) is 2. The largest absolute Gasteiger partial charge is 0.505 e. The number of hydrogen-bond donors (Lipinski definition) is 5. The Morgan fingerprint density at radius 3 is 2.29 bits per heavy atom. The van der Waals surface area contributed by atoms with Gasteiger partial charge >= 0.3 is 0 Å². The maximum absolute atomic E-state index is 12.0. The Morgan fingerprint density at radius 2 is 1.69 bits per heavy atom. The number of phenols is 1. The zero-order valence-electron chi connectivity index (χ0n) is 17.6. The van der Waals surface area contributed by atoms with Crippen molar-refractivity contribution in [3.63, 3.8) is 0 Å². The van der Waals surface area contributed by atoms with Crippen molar-refractivity contribution in [2.75, 3.05) is 5.73 Å². The Bertz CT molecular complexity index is 1570. The normalized spacial score (nSPS) is 12.8. The monoisotopic (exact) mass is 543 g/mol. The Balaban J connectivity index is 2.21. The molecule has 0 fully saturated rings. The molecule has 3 aromatic carbocycles. The summed E-state index contributed by atoms with van der Waals surface area (Å²) >= 11 is 0.494. The fourth-order valence-electron chi connectivity index (χ4n) is 3.04. The third-order valence-corrected chi connectivity index (χ3v) is 6.94. The van der Waals surface area contributed by atoms with E-state index in [1.807, 2.05) is 0 Å². The average molecular weight is 544 g/mol. The summed E-state index contributed by atoms with van der Waals surface area (Å²) in [5, 5.41) is 30.1. The number of azo groups is 1. The summed E-state index contributed by atoms with van der Waals surface area (Å²) in [6, 6.07) is 7.19. The number of allylic oxidation sites excluding steroid dienone is 1. The number of aromatic hydroxyl groups is 1. The molecule has 0 unspecified atom stereocenters. The summed E-state index contributed by atoms with van der Waals surface area (Å²) in [6.07, 6.45) is 2.99. The smallest absolute Gasteiger partial charge is 0.296 e. The highest BCUT2D eigenvalue weighted by molar-refractivity contribution is 7.94. The molecule has 186 valence electrons. The SMILES string of the molecule is C/C=C/c1ccc(N=Nc2c(S(=O)(=O)O)cc3cc(SOOO)c(N)cc3c2O)cc1S(=O)(=O)O. The van der Waals surface area contributed by atoms with Crippen molar-refractivity contribution in [1.82, 2.24) is 0 Å². The lowest BCUT2D eigenvalue weighted by Gasteiger charge is -2.11. The minimum atomic E-state index is -4.93. The van der Waals surface area contributed by atoms with Gasteiger partial charge in [-0.3, -0.25) is 9.11 Å². The van der Waals surface area contributed by atoms with E-state index in [1.54, 1.807) is 13.0 Å². The van der Waals surface area contributed by atoms with Gasteiger partial charge in [0.25, 0.3) is 20.2 Å². The van der Waals surface area contributed by atoms with Crippen molar-refractivity contribution in [3.8, 4) is 5.75 Å². The first kappa shape index (κ1) is 26.5. The van der Waals surface area contributed by atoms with Gasteiger partial charge < -0.3 is 10.8 Å². The van der Waals surface area contributed by atoms with Crippen LogP contribution in [-0.4, -0.2) is 36.3 Å². The Morgan fingerprint density at radius 1 is 1.00 bits per heavy atom. The van der Waals surface area contributed by atoms with E-state index in [-0.39, 0.29) is 32.6 Å². The van der Waals surface area contributed by atoms with Gasteiger partial charge in [-0.2, -0.15) is 21.9 Å². The second kappa shape index (κ2) is 10.3. The third-order valence-electron chi connectivity index (χ3n) is 4.50. The fourth-order valence-corrected chi connectivity index (χ4v) is 4.84. The first-order chi connectivity index (χ1) is 16.4. The van der Waals surface area contributed by atoms with Crippen molar-refractivity contribution in [2.45, 2.75) is 21.6 Å². The second-order valence-corrected chi connectivity index (χ2v) is 10.3. The molecular weight excluding hydrogens is 526 g/mol. The number of nitrogen functional groups attached to an aromatic ring is 1. The Hall–Kier alpha value is -3.09. The zero-order chi connectivity index (χ0) is 26.0. The molecular formula is C19H17N3O10S3. The van der Waals surface area contributed by atoms with Gasteiger partial charge in [0, 0.05) is 11.1 Å². The van der Waals surface area contributed by atoms with E-state index in [2.05, 4.69) is 19.6 Å². The molecule has 35 heavy (non-hydrogen) atoms. The van der Waals surface area contributed by atoms with Gasteiger partial charge in [0.05, 0.1) is 22.6 Å². The first-order valence-corrected chi connectivity index (χ1v) is 12.9. The lowest BCUT2D eigenvalue weighted by Crippen LogP contribution is -2.00. The summed E-state index contributed by atoms with van der Waals surface area (Å²) in [5.41, 5.74) is 5.33. The maximum atomic E-state index is 12.0. The molecule has 0 saturated carbocycles. The van der Waals surface area contributed by atoms with Crippen LogP contribution in [0.2, 0.25) is 0 Å². The number of anilines is 1. The van der Waals surface area contributed by atoms with Crippen LogP contribution in [0.25, 0.3) is 16.8 Å². The summed E-state index contributed by atoms with van der Waals surface area (Å²) in [4.78, 5) is -1.11. The van der Waals surface area contributed by atoms with Crippen molar-refractivity contribution >= 4 is 66.2 Å². The van der Waals surface area contributed by atoms with Crippen LogP contribution in [0.4, 0.5) is 17.1 Å². The predicted molar refractivity (Wildman–Crippen MR) is 126 cm³/mol. The first-order valence-electron chi connectivity index (χ1n) is 9.24. The van der Waals surface area contributed by atoms with E-state index in [9.17, 15) is 31.0 Å². The number of rotatable bonds is 8. The summed E-state index contributed by atoms with van der Waals surface area (Å²) in [5.74, 6) is -0.706. The molecule has 3 rings (SSSR count). The van der Waals surface area contributed by atoms with Crippen molar-refractivity contribution < 1.29 is 45.7 Å². The molecule has 0 aliphatic heterocycles. The van der Waals surface area contributed by atoms with Gasteiger partial charge in [0.2, 0.25) is 0 Å². The van der Waals surface area contributed by atoms with E-state index in [1.165, 1.54) is 30.3 Å². The lowest BCUT2D eigenvalue weighted by molar-refractivity contribution is -0.432. The van der Waals surface area contributed by atoms with E-state index >= 15 is 0 Å². The highest BCUT2D eigenvalue weighted by atomic mass is 32.2. The predicted octanol–water partition coefficient (Wildman–Crippen LogP) is 4.50. The second-order valence-electron chi connectivity index (χ2n) is 6.78. The van der Waals surface area contributed by atoms with E-state index < -0.39 is 41.5 Å². The van der Waals surface area contributed by atoms with E-state index in [0.29, 0.717) is 12.0 Å². The van der Waals surface area contributed by atoms with Crippen LogP contribution in [0.3, 0.4) is 0 Å². The standard InChI is InChI=1S/C19H17N3O10S3/c1-2-3-10-4-5-12(8-16(10)34(25,26)27)21-22-18-17(35(28,29)30)7-11-6-15(33-32-31-24)14(20)9-13(11)19(18)23/h2-9,23-24H,20H2,1H3,(H,25,26,27)(H,28,29,30)/b3-2+,22-21?. The molecule has 0 bridgehead atoms. The van der Waals surface area contributed by atoms with Crippen LogP contribution >= 0.6 is 12.0 Å². The van der Waals surface area contributed by atoms with Crippen LogP contribution in [0, 0.1) is 0 Å². The topological polar surface area (TPSA) is 218 Å². The molecule has 16 heteroatoms. The van der Waals surface area contributed by atoms with Crippen LogP contribution in [-0.2, 0) is 29.6 Å². The highest BCUT2D eigenvalue weighted by Gasteiger charge is 2.23. The van der Waals surface area contributed by atoms with Gasteiger partial charge in [-0.25, -0.2) is 5.26 Å². The molecule has 0 atom stereocenters. The molecule has 6 N–H and O–H groups in total. The van der Waals surface area contributed by atoms with Gasteiger partial charge in [0.15, 0.2) is 5.75 Å². The molecule has 0 spiro atoms. The zero-order valence-corrected chi connectivity index (χ0v) is 20.0. The van der Waals surface area contributed by atoms with Gasteiger partial charge in [-0.1, -0.05) is 23.3 Å². The number of nitrogens with two attached hydrogens (primary N) is 1. The molecule has 0 aliphatic rings. The number of benzene rings is 3. The Labute approximate surface area is 203 Å². The van der Waals surface area contributed by atoms with Crippen LogP contribution in [0.5, 0.6) is 5.75 Å². The van der Waals surface area contributed by atoms with Crippen LogP contribution in [0.1, 0.15) is 12.5 Å². The van der Waals surface area contributed by atoms with Crippen LogP contribution < -0.4 is 5.73 Å². The quantitative estimate of drug-likeness (QED) is 0.0662. The lowest BCUT2D eigenvalue weighted by atomic mass is 10.1. The van der Waals surface area contributed by atoms with E-state index in [0.717, 1.165) is 12.1 Å². The number of hydrogen-bond acceptors (Lipinski definition) is 12. The van der Waals surface area contributed by atoms with Gasteiger partial charge in [0.1, 0.15) is 15.5 Å².